The molecule has 0 N–H and O–H groups in total. The van der Waals surface area contributed by atoms with Crippen LogP contribution in [0.4, 0.5) is 0 Å². The molecule has 0 spiro atoms. The summed E-state index contributed by atoms with van der Waals surface area (Å²) in [7, 11) is -1.25. The van der Waals surface area contributed by atoms with E-state index in [0.717, 1.165) is 57.3 Å². The molecule has 168 valence electrons. The summed E-state index contributed by atoms with van der Waals surface area (Å²) in [5.74, 6) is 2.49. The molecule has 1 amide bonds. The highest BCUT2D eigenvalue weighted by atomic mass is 32.2. The Hall–Kier alpha value is -1.52. The van der Waals surface area contributed by atoms with Gasteiger partial charge in [0.15, 0.2) is 9.84 Å². The Labute approximate surface area is 179 Å². The van der Waals surface area contributed by atoms with E-state index < -0.39 is 9.84 Å². The molecular weight excluding hydrogens is 404 g/mol. The molecule has 1 aromatic heterocycles. The van der Waals surface area contributed by atoms with Crippen molar-refractivity contribution in [2.24, 2.45) is 0 Å². The number of hydrogen-bond donors (Lipinski definition) is 0. The fraction of sp³-hybridized carbons (Fsp3) is 0.850. The van der Waals surface area contributed by atoms with Crippen LogP contribution in [0.15, 0.2) is 0 Å². The van der Waals surface area contributed by atoms with Gasteiger partial charge in [0.2, 0.25) is 5.91 Å². The van der Waals surface area contributed by atoms with E-state index in [0.29, 0.717) is 6.42 Å². The summed E-state index contributed by atoms with van der Waals surface area (Å²) in [5, 5.41) is 8.84. The number of rotatable bonds is 5. The number of carbonyl (C=O) groups excluding carboxylic acids is 1. The van der Waals surface area contributed by atoms with Crippen molar-refractivity contribution in [1.29, 1.82) is 0 Å². The number of hydrogen-bond acceptors (Lipinski definition) is 7. The topological polar surface area (TPSA) is 91.6 Å². The van der Waals surface area contributed by atoms with E-state index in [1.165, 1.54) is 19.3 Å². The van der Waals surface area contributed by atoms with Gasteiger partial charge in [0.1, 0.15) is 11.6 Å². The zero-order valence-corrected chi connectivity index (χ0v) is 19.0. The van der Waals surface area contributed by atoms with E-state index in [1.54, 1.807) is 11.9 Å². The average Bonchev–Trinajstić information content (AvgIpc) is 3.20. The molecule has 4 rings (SSSR count). The summed E-state index contributed by atoms with van der Waals surface area (Å²) in [6.07, 6.45) is 5.23. The second-order valence-electron chi connectivity index (χ2n) is 8.99. The molecular formula is C20H34N6O3S. The van der Waals surface area contributed by atoms with E-state index in [4.69, 9.17) is 0 Å². The Morgan fingerprint density at radius 1 is 1.13 bits per heavy atom. The van der Waals surface area contributed by atoms with Gasteiger partial charge < -0.3 is 9.47 Å². The Bertz CT molecular complexity index is 862. The fourth-order valence-electron chi connectivity index (χ4n) is 4.88. The molecule has 0 bridgehead atoms. The average molecular weight is 439 g/mol. The van der Waals surface area contributed by atoms with E-state index in [1.807, 2.05) is 6.92 Å². The van der Waals surface area contributed by atoms with Crippen molar-refractivity contribution in [2.75, 3.05) is 44.7 Å². The highest BCUT2D eigenvalue weighted by molar-refractivity contribution is 7.91. The zero-order valence-electron chi connectivity index (χ0n) is 18.2. The monoisotopic (exact) mass is 438 g/mol. The van der Waals surface area contributed by atoms with Crippen LogP contribution in [0.2, 0.25) is 0 Å². The Morgan fingerprint density at radius 3 is 2.60 bits per heavy atom. The van der Waals surface area contributed by atoms with Crippen molar-refractivity contribution in [1.82, 2.24) is 29.5 Å². The maximum Gasteiger partial charge on any atom is 0.239 e. The minimum Gasteiger partial charge on any atom is -0.340 e. The van der Waals surface area contributed by atoms with Gasteiger partial charge in [-0.2, -0.15) is 0 Å². The molecule has 9 nitrogen and oxygen atoms in total. The molecule has 3 aliphatic heterocycles. The number of amides is 1. The van der Waals surface area contributed by atoms with Crippen LogP contribution in [0.1, 0.15) is 44.3 Å². The number of carbonyl (C=O) groups is 1. The summed E-state index contributed by atoms with van der Waals surface area (Å²) in [5.41, 5.74) is 0. The molecule has 3 aliphatic rings. The molecule has 30 heavy (non-hydrogen) atoms. The van der Waals surface area contributed by atoms with Crippen molar-refractivity contribution in [3.63, 3.8) is 0 Å². The summed E-state index contributed by atoms with van der Waals surface area (Å²) >= 11 is 0. The van der Waals surface area contributed by atoms with E-state index in [2.05, 4.69) is 24.6 Å². The second-order valence-corrected chi connectivity index (χ2v) is 11.2. The third-order valence-corrected chi connectivity index (χ3v) is 8.72. The van der Waals surface area contributed by atoms with Gasteiger partial charge in [0.05, 0.1) is 24.1 Å². The lowest BCUT2D eigenvalue weighted by Gasteiger charge is -2.39. The maximum atomic E-state index is 12.9. The molecule has 2 atom stereocenters. The Balaban J connectivity index is 1.29. The van der Waals surface area contributed by atoms with E-state index >= 15 is 0 Å². The third-order valence-electron chi connectivity index (χ3n) is 6.97. The number of nitrogens with zero attached hydrogens (tertiary/aromatic N) is 6. The molecule has 2 saturated heterocycles. The van der Waals surface area contributed by atoms with Crippen LogP contribution in [0, 0.1) is 0 Å². The minimum atomic E-state index is -2.99. The zero-order chi connectivity index (χ0) is 21.3. The molecule has 10 heteroatoms. The number of aromatic nitrogens is 3. The second kappa shape index (κ2) is 8.92. The van der Waals surface area contributed by atoms with Gasteiger partial charge in [-0.05, 0) is 26.2 Å². The quantitative estimate of drug-likeness (QED) is 0.646. The number of piperazine rings is 1. The molecule has 0 unspecified atom stereocenters. The SMILES string of the molecule is C[C@H](C(=O)N(C)[C@@H]1CCS(=O)(=O)C1)N1CCN(Cc2nnc3n2CCCCC3)CC1. The standard InChI is InChI=1S/C20H34N6O3S/c1-16(20(27)23(2)17-7-13-30(28,29)15-17)25-11-9-24(10-12-25)14-19-22-21-18-6-4-3-5-8-26(18)19/h16-17H,3-15H2,1-2H3/t16-,17-/m1/s1. The first kappa shape index (κ1) is 21.7. The first-order valence-electron chi connectivity index (χ1n) is 11.2. The molecule has 0 aromatic carbocycles. The normalized spacial score (nSPS) is 26.1. The maximum absolute atomic E-state index is 12.9. The first-order chi connectivity index (χ1) is 14.3. The Kier molecular flexibility index (Phi) is 6.45. The predicted octanol–water partition coefficient (Wildman–Crippen LogP) is 0.156. The largest absolute Gasteiger partial charge is 0.340 e. The van der Waals surface area contributed by atoms with Gasteiger partial charge in [-0.3, -0.25) is 14.6 Å². The van der Waals surface area contributed by atoms with Crippen molar-refractivity contribution in [2.45, 2.75) is 64.2 Å². The van der Waals surface area contributed by atoms with Crippen LogP contribution in [0.3, 0.4) is 0 Å². The number of fused-ring (bicyclic) bond motifs is 1. The van der Waals surface area contributed by atoms with Crippen LogP contribution in [-0.2, 0) is 34.1 Å². The molecule has 2 fully saturated rings. The van der Waals surface area contributed by atoms with Crippen LogP contribution in [0.25, 0.3) is 0 Å². The van der Waals surface area contributed by atoms with Crippen molar-refractivity contribution in [3.05, 3.63) is 11.6 Å². The summed E-state index contributed by atoms with van der Waals surface area (Å²) < 4.78 is 25.8. The molecule has 0 aliphatic carbocycles. The third kappa shape index (κ3) is 4.70. The van der Waals surface area contributed by atoms with Gasteiger partial charge in [-0.15, -0.1) is 10.2 Å². The molecule has 0 saturated carbocycles. The lowest BCUT2D eigenvalue weighted by Crippen LogP contribution is -2.55. The lowest BCUT2D eigenvalue weighted by atomic mass is 10.1. The van der Waals surface area contributed by atoms with Crippen molar-refractivity contribution >= 4 is 15.7 Å². The van der Waals surface area contributed by atoms with Gasteiger partial charge in [0, 0.05) is 52.2 Å². The van der Waals surface area contributed by atoms with Gasteiger partial charge in [0.25, 0.3) is 0 Å². The number of aryl methyl sites for hydroxylation is 1. The smallest absolute Gasteiger partial charge is 0.239 e. The highest BCUT2D eigenvalue weighted by Gasteiger charge is 2.36. The highest BCUT2D eigenvalue weighted by Crippen LogP contribution is 2.20. The molecule has 1 aromatic rings. The molecule has 0 radical (unpaired) electrons. The first-order valence-corrected chi connectivity index (χ1v) is 13.0. The van der Waals surface area contributed by atoms with Crippen molar-refractivity contribution in [3.8, 4) is 0 Å². The van der Waals surface area contributed by atoms with E-state index in [-0.39, 0.29) is 29.5 Å². The minimum absolute atomic E-state index is 0.0216. The van der Waals surface area contributed by atoms with Gasteiger partial charge in [-0.1, -0.05) is 6.42 Å². The van der Waals surface area contributed by atoms with Gasteiger partial charge >= 0.3 is 0 Å². The van der Waals surface area contributed by atoms with Crippen LogP contribution in [-0.4, -0.2) is 101 Å². The summed E-state index contributed by atoms with van der Waals surface area (Å²) in [6, 6.07) is -0.417. The lowest BCUT2D eigenvalue weighted by molar-refractivity contribution is -0.137. The van der Waals surface area contributed by atoms with Crippen LogP contribution in [0.5, 0.6) is 0 Å². The van der Waals surface area contributed by atoms with E-state index in [9.17, 15) is 13.2 Å². The number of sulfone groups is 1. The fourth-order valence-corrected chi connectivity index (χ4v) is 6.66. The Morgan fingerprint density at radius 2 is 1.90 bits per heavy atom. The van der Waals surface area contributed by atoms with Crippen LogP contribution < -0.4 is 0 Å². The summed E-state index contributed by atoms with van der Waals surface area (Å²) in [6.45, 7) is 7.20. The predicted molar refractivity (Wildman–Crippen MR) is 114 cm³/mol. The van der Waals surface area contributed by atoms with Crippen molar-refractivity contribution < 1.29 is 13.2 Å². The van der Waals surface area contributed by atoms with Crippen LogP contribution >= 0.6 is 0 Å². The molecule has 4 heterocycles. The van der Waals surface area contributed by atoms with Gasteiger partial charge in [-0.25, -0.2) is 8.42 Å². The summed E-state index contributed by atoms with van der Waals surface area (Å²) in [4.78, 5) is 19.2. The number of likely N-dealkylation sites (N-methyl/N-ethyl adjacent to an activating group) is 1.